The first kappa shape index (κ1) is 20.5. The van der Waals surface area contributed by atoms with Crippen LogP contribution in [0, 0.1) is 0 Å². The van der Waals surface area contributed by atoms with Crippen LogP contribution in [0.2, 0.25) is 0 Å². The van der Waals surface area contributed by atoms with E-state index in [1.165, 1.54) is 6.08 Å². The summed E-state index contributed by atoms with van der Waals surface area (Å²) in [6.45, 7) is 2.42. The molecule has 1 N–H and O–H groups in total. The molecule has 0 spiro atoms. The number of ether oxygens (including phenoxy) is 3. The normalized spacial score (nSPS) is 14.3. The van der Waals surface area contributed by atoms with Gasteiger partial charge in [0.15, 0.2) is 11.5 Å². The third-order valence-electron chi connectivity index (χ3n) is 4.40. The first-order chi connectivity index (χ1) is 14.1. The van der Waals surface area contributed by atoms with E-state index >= 15 is 0 Å². The molecule has 0 unspecified atom stereocenters. The van der Waals surface area contributed by atoms with Crippen LogP contribution in [0.1, 0.15) is 37.0 Å². The van der Waals surface area contributed by atoms with Crippen LogP contribution in [0.25, 0.3) is 6.08 Å². The molecule has 1 fully saturated rings. The summed E-state index contributed by atoms with van der Waals surface area (Å²) in [6.07, 6.45) is 3.85. The van der Waals surface area contributed by atoms with E-state index in [1.54, 1.807) is 37.5 Å². The fourth-order valence-corrected chi connectivity index (χ4v) is 2.79. The minimum atomic E-state index is -0.983. The van der Waals surface area contributed by atoms with Crippen LogP contribution in [-0.4, -0.2) is 31.6 Å². The Balaban J connectivity index is 1.70. The van der Waals surface area contributed by atoms with Gasteiger partial charge in [-0.15, -0.1) is 0 Å². The molecule has 3 rings (SSSR count). The molecular formula is C23H25NO5. The van der Waals surface area contributed by atoms with Crippen LogP contribution in [-0.2, 0) is 14.3 Å². The van der Waals surface area contributed by atoms with Crippen molar-refractivity contribution in [3.8, 4) is 11.5 Å². The number of amides is 1. The Hall–Kier alpha value is -3.28. The van der Waals surface area contributed by atoms with Crippen LogP contribution in [0.3, 0.4) is 0 Å². The summed E-state index contributed by atoms with van der Waals surface area (Å²) in [4.78, 5) is 24.9. The van der Waals surface area contributed by atoms with E-state index in [0.717, 1.165) is 18.4 Å². The molecule has 2 aromatic rings. The third-order valence-corrected chi connectivity index (χ3v) is 4.40. The molecule has 1 amide bonds. The van der Waals surface area contributed by atoms with Gasteiger partial charge in [0.25, 0.3) is 5.91 Å². The molecule has 0 radical (unpaired) electrons. The fourth-order valence-electron chi connectivity index (χ4n) is 2.79. The first-order valence-electron chi connectivity index (χ1n) is 9.65. The van der Waals surface area contributed by atoms with E-state index in [-0.39, 0.29) is 11.9 Å². The molecule has 1 aliphatic rings. The van der Waals surface area contributed by atoms with Gasteiger partial charge in [0.05, 0.1) is 13.7 Å². The summed E-state index contributed by atoms with van der Waals surface area (Å²) in [6, 6.07) is 14.5. The van der Waals surface area contributed by atoms with E-state index in [0.29, 0.717) is 23.7 Å². The maximum absolute atomic E-state index is 12.5. The lowest BCUT2D eigenvalue weighted by Crippen LogP contribution is -2.33. The zero-order valence-corrected chi connectivity index (χ0v) is 16.6. The molecule has 152 valence electrons. The largest absolute Gasteiger partial charge is 0.493 e. The summed E-state index contributed by atoms with van der Waals surface area (Å²) in [7, 11) is 1.56. The van der Waals surface area contributed by atoms with Crippen molar-refractivity contribution in [2.75, 3.05) is 13.7 Å². The van der Waals surface area contributed by atoms with Gasteiger partial charge < -0.3 is 19.5 Å². The zero-order valence-electron chi connectivity index (χ0n) is 16.6. The topological polar surface area (TPSA) is 73.9 Å². The Labute approximate surface area is 170 Å². The lowest BCUT2D eigenvalue weighted by Gasteiger charge is -2.17. The summed E-state index contributed by atoms with van der Waals surface area (Å²) in [5, 5.41) is 2.89. The molecular weight excluding hydrogens is 370 g/mol. The second-order valence-corrected chi connectivity index (χ2v) is 6.69. The fraction of sp³-hybridized carbons (Fsp3) is 0.304. The molecule has 0 saturated heterocycles. The second kappa shape index (κ2) is 9.78. The Morgan fingerprint density at radius 1 is 1.14 bits per heavy atom. The van der Waals surface area contributed by atoms with E-state index in [9.17, 15) is 9.59 Å². The lowest BCUT2D eigenvalue weighted by atomic mass is 10.1. The molecule has 29 heavy (non-hydrogen) atoms. The quantitative estimate of drug-likeness (QED) is 0.518. The van der Waals surface area contributed by atoms with E-state index < -0.39 is 12.1 Å². The van der Waals surface area contributed by atoms with E-state index in [1.807, 2.05) is 31.2 Å². The molecule has 2 aromatic carbocycles. The van der Waals surface area contributed by atoms with Crippen molar-refractivity contribution in [3.05, 3.63) is 65.7 Å². The van der Waals surface area contributed by atoms with Crippen molar-refractivity contribution >= 4 is 18.0 Å². The maximum Gasteiger partial charge on any atom is 0.331 e. The lowest BCUT2D eigenvalue weighted by molar-refractivity contribution is -0.151. The summed E-state index contributed by atoms with van der Waals surface area (Å²) >= 11 is 0. The number of hydrogen-bond acceptors (Lipinski definition) is 5. The third kappa shape index (κ3) is 5.85. The predicted octanol–water partition coefficient (Wildman–Crippen LogP) is 3.67. The van der Waals surface area contributed by atoms with Crippen LogP contribution in [0.4, 0.5) is 0 Å². The maximum atomic E-state index is 12.5. The van der Waals surface area contributed by atoms with Crippen molar-refractivity contribution in [2.45, 2.75) is 31.9 Å². The molecule has 6 nitrogen and oxygen atoms in total. The van der Waals surface area contributed by atoms with E-state index in [2.05, 4.69) is 5.32 Å². The molecule has 1 atom stereocenters. The Bertz CT molecular complexity index is 874. The highest BCUT2D eigenvalue weighted by atomic mass is 16.5. The molecule has 1 aliphatic carbocycles. The predicted molar refractivity (Wildman–Crippen MR) is 110 cm³/mol. The highest BCUT2D eigenvalue weighted by molar-refractivity contribution is 5.91. The first-order valence-corrected chi connectivity index (χ1v) is 9.65. The van der Waals surface area contributed by atoms with Crippen LogP contribution in [0.15, 0.2) is 54.6 Å². The molecule has 0 aliphatic heterocycles. The smallest absolute Gasteiger partial charge is 0.331 e. The van der Waals surface area contributed by atoms with Gasteiger partial charge in [0.1, 0.15) is 0 Å². The minimum absolute atomic E-state index is 0.180. The minimum Gasteiger partial charge on any atom is -0.493 e. The zero-order chi connectivity index (χ0) is 20.6. The SMILES string of the molecule is CCOc1ccc(/C=C/C(=O)O[C@H](C(=O)NC2CC2)c2ccccc2)cc1OC. The highest BCUT2D eigenvalue weighted by Gasteiger charge is 2.30. The van der Waals surface area contributed by atoms with Gasteiger partial charge in [-0.2, -0.15) is 0 Å². The van der Waals surface area contributed by atoms with Crippen molar-refractivity contribution in [1.29, 1.82) is 0 Å². The van der Waals surface area contributed by atoms with Gasteiger partial charge in [0, 0.05) is 17.7 Å². The van der Waals surface area contributed by atoms with Crippen molar-refractivity contribution < 1.29 is 23.8 Å². The number of benzene rings is 2. The number of carbonyl (C=O) groups is 2. The average molecular weight is 395 g/mol. The van der Waals surface area contributed by atoms with Gasteiger partial charge in [-0.25, -0.2) is 4.79 Å². The van der Waals surface area contributed by atoms with E-state index in [4.69, 9.17) is 14.2 Å². The Kier molecular flexibility index (Phi) is 6.89. The molecule has 1 saturated carbocycles. The Morgan fingerprint density at radius 2 is 1.90 bits per heavy atom. The number of rotatable bonds is 9. The monoisotopic (exact) mass is 395 g/mol. The van der Waals surface area contributed by atoms with Gasteiger partial charge in [0.2, 0.25) is 6.10 Å². The van der Waals surface area contributed by atoms with Crippen molar-refractivity contribution in [1.82, 2.24) is 5.32 Å². The van der Waals surface area contributed by atoms with Crippen LogP contribution < -0.4 is 14.8 Å². The Morgan fingerprint density at radius 3 is 2.55 bits per heavy atom. The number of methoxy groups -OCH3 is 1. The standard InChI is InChI=1S/C23H25NO5/c1-3-28-19-13-9-16(15-20(19)27-2)10-14-21(25)29-22(17-7-5-4-6-8-17)23(26)24-18-11-12-18/h4-10,13-15,18,22H,3,11-12H2,1-2H3,(H,24,26)/b14-10+/t22-/m0/s1. The highest BCUT2D eigenvalue weighted by Crippen LogP contribution is 2.28. The summed E-state index contributed by atoms with van der Waals surface area (Å²) in [5.74, 6) is 0.310. The average Bonchev–Trinajstić information content (AvgIpc) is 3.56. The van der Waals surface area contributed by atoms with Gasteiger partial charge in [-0.3, -0.25) is 4.79 Å². The molecule has 0 bridgehead atoms. The van der Waals surface area contributed by atoms with Crippen molar-refractivity contribution in [2.24, 2.45) is 0 Å². The second-order valence-electron chi connectivity index (χ2n) is 6.69. The van der Waals surface area contributed by atoms with Gasteiger partial charge in [-0.1, -0.05) is 36.4 Å². The number of esters is 1. The number of nitrogens with one attached hydrogen (secondary N) is 1. The van der Waals surface area contributed by atoms with Gasteiger partial charge >= 0.3 is 5.97 Å². The van der Waals surface area contributed by atoms with Gasteiger partial charge in [-0.05, 0) is 43.5 Å². The molecule has 0 heterocycles. The molecule has 0 aromatic heterocycles. The van der Waals surface area contributed by atoms with Crippen molar-refractivity contribution in [3.63, 3.8) is 0 Å². The number of hydrogen-bond donors (Lipinski definition) is 1. The molecule has 6 heteroatoms. The number of carbonyl (C=O) groups excluding carboxylic acids is 2. The van der Waals surface area contributed by atoms with Crippen LogP contribution in [0.5, 0.6) is 11.5 Å². The summed E-state index contributed by atoms with van der Waals surface area (Å²) in [5.41, 5.74) is 1.39. The van der Waals surface area contributed by atoms with Crippen LogP contribution >= 0.6 is 0 Å². The summed E-state index contributed by atoms with van der Waals surface area (Å²) < 4.78 is 16.3.